The fraction of sp³-hybridized carbons (Fsp3) is 0.264. The molecule has 1 heterocycles. The summed E-state index contributed by atoms with van der Waals surface area (Å²) in [5, 5.41) is 6.99. The van der Waals surface area contributed by atoms with Crippen molar-refractivity contribution >= 4 is 38.6 Å². The van der Waals surface area contributed by atoms with Crippen LogP contribution in [0.5, 0.6) is 0 Å². The number of hydrogen-bond acceptors (Lipinski definition) is 1. The summed E-state index contributed by atoms with van der Waals surface area (Å²) >= 11 is 0. The SMILES string of the molecule is C1CC1.CC.CC1(C)C=CC2=C1c1ccccc1C21C2=C(CCC=C2)C2(c3ccccc3-c3c(NC4C=C5C(=CC4C4=CCC(c6ccc(-n7c8ccccc8c8ccccc87)cc6)C=C4)c4ccccc4C5(C)C)cccc32)c2ccccc21.CCCC. The predicted octanol–water partition coefficient (Wildman–Crippen LogP) is 22.8. The Bertz CT molecular complexity index is 4530. The van der Waals surface area contributed by atoms with Crippen LogP contribution < -0.4 is 5.32 Å². The molecule has 0 amide bonds. The van der Waals surface area contributed by atoms with Crippen molar-refractivity contribution in [2.24, 2.45) is 11.3 Å². The van der Waals surface area contributed by atoms with Crippen LogP contribution in [0.3, 0.4) is 0 Å². The molecule has 5 unspecified atom stereocenters. The average molecular weight is 1160 g/mol. The van der Waals surface area contributed by atoms with E-state index in [1.54, 1.807) is 5.57 Å². The van der Waals surface area contributed by atoms with Gasteiger partial charge in [-0.3, -0.25) is 0 Å². The number of anilines is 1. The molecule has 0 aliphatic heterocycles. The maximum atomic E-state index is 4.41. The monoisotopic (exact) mass is 1160 g/mol. The summed E-state index contributed by atoms with van der Waals surface area (Å²) in [6.45, 7) is 18.0. The van der Waals surface area contributed by atoms with Crippen molar-refractivity contribution in [3.05, 3.63) is 321 Å². The van der Waals surface area contributed by atoms with Gasteiger partial charge in [0.25, 0.3) is 0 Å². The molecule has 2 heteroatoms. The van der Waals surface area contributed by atoms with Crippen LogP contribution >= 0.6 is 0 Å². The van der Waals surface area contributed by atoms with Crippen LogP contribution in [0.4, 0.5) is 5.69 Å². The summed E-state index contributed by atoms with van der Waals surface area (Å²) in [4.78, 5) is 0. The van der Waals surface area contributed by atoms with Crippen LogP contribution in [0.15, 0.2) is 271 Å². The first-order chi connectivity index (χ1) is 43.6. The molecule has 2 nitrogen and oxygen atoms in total. The number of nitrogens with one attached hydrogen (secondary N) is 1. The predicted molar refractivity (Wildman–Crippen MR) is 378 cm³/mol. The van der Waals surface area contributed by atoms with Gasteiger partial charge in [0.2, 0.25) is 0 Å². The Morgan fingerprint density at radius 2 is 1.11 bits per heavy atom. The summed E-state index contributed by atoms with van der Waals surface area (Å²) in [5.74, 6) is 0.396. The van der Waals surface area contributed by atoms with Gasteiger partial charge in [-0.1, -0.05) is 300 Å². The van der Waals surface area contributed by atoms with E-state index in [9.17, 15) is 0 Å². The van der Waals surface area contributed by atoms with E-state index in [1.807, 2.05) is 13.8 Å². The van der Waals surface area contributed by atoms with Crippen molar-refractivity contribution < 1.29 is 0 Å². The van der Waals surface area contributed by atoms with Gasteiger partial charge in [-0.15, -0.1) is 0 Å². The number of benzene rings is 8. The van der Waals surface area contributed by atoms with Crippen molar-refractivity contribution in [2.75, 3.05) is 5.32 Å². The quantitative estimate of drug-likeness (QED) is 0.176. The Labute approximate surface area is 529 Å². The second-order valence-electron chi connectivity index (χ2n) is 27.0. The minimum atomic E-state index is -0.473. The van der Waals surface area contributed by atoms with Crippen molar-refractivity contribution in [1.29, 1.82) is 0 Å². The minimum Gasteiger partial charge on any atom is -0.377 e. The van der Waals surface area contributed by atoms with Gasteiger partial charge in [0.05, 0.1) is 27.9 Å². The highest BCUT2D eigenvalue weighted by Gasteiger charge is 2.61. The van der Waals surface area contributed by atoms with E-state index in [1.165, 1.54) is 160 Å². The topological polar surface area (TPSA) is 17.0 Å². The zero-order valence-corrected chi connectivity index (χ0v) is 53.4. The summed E-state index contributed by atoms with van der Waals surface area (Å²) < 4.78 is 2.42. The first-order valence-corrected chi connectivity index (χ1v) is 33.7. The fourth-order valence-electron chi connectivity index (χ4n) is 17.0. The van der Waals surface area contributed by atoms with Gasteiger partial charge >= 0.3 is 0 Å². The molecular formula is C87H84N2. The second-order valence-corrected chi connectivity index (χ2v) is 27.0. The standard InChI is InChI=1S/C78H62N2.C4H10.C3H6.C2H6/c1-75(2)45-44-67-74(75)56-24-7-12-27-61(56)78(67)64-30-15-13-28-62(64)77(63-29-14-16-31-65(63)78)60-26-11-6-23-55(60)73-66(77)32-19-33-69(73)79-70-47-68-58(52-20-5-10-25-59(52)76(68,3)4)46-57(70)50-38-36-48(37-39-50)49-40-42-51(43-41-49)80-71-34-17-8-21-53(71)54-22-9-18-35-72(54)80;1-3-4-2;1-2-3-1;1-2/h5-13,15-28,30-36,38-48,57,70,79H,14,29,37H2,1-4H3;3-4H2,1-2H3;1-3H2;1-2H3. The maximum absolute atomic E-state index is 4.41. The smallest absolute Gasteiger partial charge is 0.0713 e. The van der Waals surface area contributed by atoms with Gasteiger partial charge in [0.1, 0.15) is 0 Å². The van der Waals surface area contributed by atoms with E-state index >= 15 is 0 Å². The lowest BCUT2D eigenvalue weighted by Gasteiger charge is -2.51. The van der Waals surface area contributed by atoms with Gasteiger partial charge < -0.3 is 9.88 Å². The third kappa shape index (κ3) is 8.48. The van der Waals surface area contributed by atoms with Gasteiger partial charge in [0, 0.05) is 50.4 Å². The normalized spacial score (nSPS) is 23.2. The lowest BCUT2D eigenvalue weighted by Crippen LogP contribution is -2.44. The molecule has 0 radical (unpaired) electrons. The third-order valence-electron chi connectivity index (χ3n) is 21.2. The van der Waals surface area contributed by atoms with E-state index in [2.05, 4.69) is 294 Å². The highest BCUT2D eigenvalue weighted by Crippen LogP contribution is 2.71. The number of aromatic nitrogens is 1. The first-order valence-electron chi connectivity index (χ1n) is 33.7. The molecule has 442 valence electrons. The third-order valence-corrected chi connectivity index (χ3v) is 21.2. The van der Waals surface area contributed by atoms with Crippen LogP contribution in [0, 0.1) is 11.3 Å². The number of hydrogen-bond donors (Lipinski definition) is 1. The molecule has 9 aliphatic carbocycles. The highest BCUT2D eigenvalue weighted by atomic mass is 15.0. The van der Waals surface area contributed by atoms with Crippen LogP contribution in [-0.4, -0.2) is 10.6 Å². The van der Waals surface area contributed by atoms with Gasteiger partial charge in [-0.2, -0.15) is 0 Å². The van der Waals surface area contributed by atoms with Crippen molar-refractivity contribution in [3.63, 3.8) is 0 Å². The zero-order chi connectivity index (χ0) is 60.8. The maximum Gasteiger partial charge on any atom is 0.0713 e. The Hall–Kier alpha value is -8.72. The fourth-order valence-corrected chi connectivity index (χ4v) is 17.0. The molecule has 5 atom stereocenters. The Kier molecular flexibility index (Phi) is 14.1. The van der Waals surface area contributed by atoms with Crippen molar-refractivity contribution in [3.8, 4) is 16.8 Å². The van der Waals surface area contributed by atoms with E-state index in [4.69, 9.17) is 0 Å². The largest absolute Gasteiger partial charge is 0.377 e. The van der Waals surface area contributed by atoms with Crippen LogP contribution in [-0.2, 0) is 16.2 Å². The molecule has 1 saturated carbocycles. The lowest BCUT2D eigenvalue weighted by atomic mass is 9.50. The summed E-state index contributed by atoms with van der Waals surface area (Å²) in [6, 6.07) is 71.7. The summed E-state index contributed by atoms with van der Waals surface area (Å²) in [5.41, 5.74) is 29.2. The number of para-hydroxylation sites is 2. The molecule has 0 bridgehead atoms. The Morgan fingerprint density at radius 1 is 0.528 bits per heavy atom. The molecule has 89 heavy (non-hydrogen) atoms. The molecule has 1 N–H and O–H groups in total. The molecule has 0 saturated heterocycles. The van der Waals surface area contributed by atoms with Gasteiger partial charge in [0.15, 0.2) is 0 Å². The van der Waals surface area contributed by atoms with Crippen molar-refractivity contribution in [2.45, 2.75) is 135 Å². The van der Waals surface area contributed by atoms with E-state index in [0.717, 1.165) is 19.3 Å². The van der Waals surface area contributed by atoms with E-state index < -0.39 is 10.8 Å². The van der Waals surface area contributed by atoms with E-state index in [-0.39, 0.29) is 22.8 Å². The molecule has 1 aromatic heterocycles. The Balaban J connectivity index is 0.000000692. The molecule has 1 fully saturated rings. The highest BCUT2D eigenvalue weighted by molar-refractivity contribution is 6.09. The molecule has 9 aromatic rings. The molecule has 8 aromatic carbocycles. The number of rotatable bonds is 6. The zero-order valence-electron chi connectivity index (χ0n) is 53.4. The Morgan fingerprint density at radius 3 is 1.76 bits per heavy atom. The number of fused-ring (bicyclic) bond motifs is 20. The molecule has 2 spiro atoms. The summed E-state index contributed by atoms with van der Waals surface area (Å²) in [7, 11) is 0. The van der Waals surface area contributed by atoms with Crippen LogP contribution in [0.1, 0.15) is 163 Å². The average Bonchev–Trinajstić information content (AvgIpc) is 1.54. The number of unbranched alkanes of at least 4 members (excludes halogenated alkanes) is 1. The van der Waals surface area contributed by atoms with E-state index in [0.29, 0.717) is 5.92 Å². The van der Waals surface area contributed by atoms with Crippen LogP contribution in [0.25, 0.3) is 49.8 Å². The van der Waals surface area contributed by atoms with Crippen LogP contribution in [0.2, 0.25) is 0 Å². The minimum absolute atomic E-state index is 0.00246. The first kappa shape index (κ1) is 56.8. The lowest BCUT2D eigenvalue weighted by molar-refractivity contribution is 0.588. The van der Waals surface area contributed by atoms with Crippen molar-refractivity contribution in [1.82, 2.24) is 4.57 Å². The molecular weight excluding hydrogens is 1070 g/mol. The van der Waals surface area contributed by atoms with Gasteiger partial charge in [-0.05, 0) is 144 Å². The number of allylic oxidation sites excluding steroid dienone is 13. The second kappa shape index (κ2) is 22.1. The summed E-state index contributed by atoms with van der Waals surface area (Å²) in [6.07, 6.45) is 32.8. The number of nitrogens with zero attached hydrogens (tertiary/aromatic N) is 1. The molecule has 18 rings (SSSR count). The van der Waals surface area contributed by atoms with Gasteiger partial charge in [-0.25, -0.2) is 0 Å². The molecule has 9 aliphatic rings.